The summed E-state index contributed by atoms with van der Waals surface area (Å²) >= 11 is 1.64. The lowest BCUT2D eigenvalue weighted by atomic mass is 10.1. The first kappa shape index (κ1) is 19.6. The molecule has 2 heterocycles. The molecule has 154 valence electrons. The second-order valence-corrected chi connectivity index (χ2v) is 8.85. The molecule has 0 fully saturated rings. The molecule has 0 unspecified atom stereocenters. The number of aromatic amines is 1. The Morgan fingerprint density at radius 3 is 2.84 bits per heavy atom. The van der Waals surface area contributed by atoms with Crippen molar-refractivity contribution in [3.05, 3.63) is 81.5 Å². The molecule has 2 aromatic carbocycles. The van der Waals surface area contributed by atoms with Crippen molar-refractivity contribution in [3.63, 3.8) is 0 Å². The SMILES string of the molecule is CN(C)Cc1ccc2c(c1)-c1[nH]nc(-c3csc(C#CCOc4ccccc4)c3)c1C2. The summed E-state index contributed by atoms with van der Waals surface area (Å²) in [5.41, 5.74) is 8.55. The van der Waals surface area contributed by atoms with Crippen molar-refractivity contribution < 1.29 is 4.74 Å². The predicted molar refractivity (Wildman–Crippen MR) is 126 cm³/mol. The van der Waals surface area contributed by atoms with Crippen LogP contribution in [0.25, 0.3) is 22.5 Å². The average Bonchev–Trinajstić information content (AvgIpc) is 3.47. The van der Waals surface area contributed by atoms with Gasteiger partial charge in [-0.15, -0.1) is 11.3 Å². The van der Waals surface area contributed by atoms with Crippen molar-refractivity contribution in [2.24, 2.45) is 0 Å². The van der Waals surface area contributed by atoms with Gasteiger partial charge in [-0.1, -0.05) is 42.2 Å². The van der Waals surface area contributed by atoms with Crippen LogP contribution in [0.2, 0.25) is 0 Å². The van der Waals surface area contributed by atoms with Crippen molar-refractivity contribution in [2.75, 3.05) is 20.7 Å². The van der Waals surface area contributed by atoms with Gasteiger partial charge in [0.05, 0.1) is 16.3 Å². The minimum atomic E-state index is 0.375. The van der Waals surface area contributed by atoms with E-state index < -0.39 is 0 Å². The van der Waals surface area contributed by atoms with Gasteiger partial charge in [0.25, 0.3) is 0 Å². The van der Waals surface area contributed by atoms with Crippen LogP contribution in [0.15, 0.2) is 60.0 Å². The van der Waals surface area contributed by atoms with Crippen LogP contribution in [-0.2, 0) is 13.0 Å². The van der Waals surface area contributed by atoms with Crippen LogP contribution in [0.4, 0.5) is 0 Å². The van der Waals surface area contributed by atoms with E-state index in [0.717, 1.165) is 40.5 Å². The Hall–Kier alpha value is -3.33. The second kappa shape index (κ2) is 8.43. The molecule has 0 aliphatic heterocycles. The molecule has 4 nitrogen and oxygen atoms in total. The van der Waals surface area contributed by atoms with Gasteiger partial charge >= 0.3 is 0 Å². The molecule has 0 saturated carbocycles. The predicted octanol–water partition coefficient (Wildman–Crippen LogP) is 5.20. The fourth-order valence-corrected chi connectivity index (χ4v) is 4.71. The number of hydrogen-bond donors (Lipinski definition) is 1. The van der Waals surface area contributed by atoms with E-state index in [2.05, 4.69) is 70.7 Å². The lowest BCUT2D eigenvalue weighted by Crippen LogP contribution is -2.10. The van der Waals surface area contributed by atoms with Crippen molar-refractivity contribution >= 4 is 11.3 Å². The maximum Gasteiger partial charge on any atom is 0.149 e. The minimum Gasteiger partial charge on any atom is -0.481 e. The zero-order valence-electron chi connectivity index (χ0n) is 17.6. The molecule has 0 spiro atoms. The molecule has 2 aromatic heterocycles. The molecule has 1 aliphatic carbocycles. The van der Waals surface area contributed by atoms with Crippen molar-refractivity contribution in [1.29, 1.82) is 0 Å². The molecule has 1 aliphatic rings. The van der Waals surface area contributed by atoms with Gasteiger partial charge in [-0.25, -0.2) is 0 Å². The van der Waals surface area contributed by atoms with Crippen LogP contribution in [0, 0.1) is 11.8 Å². The van der Waals surface area contributed by atoms with E-state index in [9.17, 15) is 0 Å². The number of benzene rings is 2. The first-order valence-electron chi connectivity index (χ1n) is 10.3. The lowest BCUT2D eigenvalue weighted by Gasteiger charge is -2.10. The third-order valence-electron chi connectivity index (χ3n) is 5.32. The summed E-state index contributed by atoms with van der Waals surface area (Å²) < 4.78 is 5.65. The number of nitrogens with zero attached hydrogens (tertiary/aromatic N) is 2. The average molecular weight is 426 g/mol. The number of rotatable bonds is 5. The van der Waals surface area contributed by atoms with Crippen LogP contribution < -0.4 is 4.74 Å². The normalized spacial score (nSPS) is 11.7. The number of nitrogens with one attached hydrogen (secondary N) is 1. The number of aromatic nitrogens is 2. The van der Waals surface area contributed by atoms with Crippen molar-refractivity contribution in [1.82, 2.24) is 15.1 Å². The second-order valence-electron chi connectivity index (χ2n) is 7.93. The maximum absolute atomic E-state index is 5.65. The summed E-state index contributed by atoms with van der Waals surface area (Å²) in [6.45, 7) is 1.31. The topological polar surface area (TPSA) is 41.2 Å². The van der Waals surface area contributed by atoms with E-state index in [4.69, 9.17) is 4.74 Å². The summed E-state index contributed by atoms with van der Waals surface area (Å²) in [4.78, 5) is 3.21. The van der Waals surface area contributed by atoms with Gasteiger partial charge in [-0.05, 0) is 49.5 Å². The highest BCUT2D eigenvalue weighted by Gasteiger charge is 2.25. The smallest absolute Gasteiger partial charge is 0.149 e. The van der Waals surface area contributed by atoms with Gasteiger partial charge in [-0.2, -0.15) is 5.10 Å². The zero-order chi connectivity index (χ0) is 21.2. The number of thiophene rings is 1. The Morgan fingerprint density at radius 2 is 2.00 bits per heavy atom. The fourth-order valence-electron chi connectivity index (χ4n) is 3.95. The Bertz CT molecular complexity index is 1270. The van der Waals surface area contributed by atoms with Crippen LogP contribution in [0.5, 0.6) is 5.75 Å². The fraction of sp³-hybridized carbons (Fsp3) is 0.192. The number of hydrogen-bond acceptors (Lipinski definition) is 4. The first-order chi connectivity index (χ1) is 15.2. The van der Waals surface area contributed by atoms with Gasteiger partial charge in [0, 0.05) is 35.0 Å². The number of fused-ring (bicyclic) bond motifs is 3. The number of H-pyrrole nitrogens is 1. The maximum atomic E-state index is 5.65. The van der Waals surface area contributed by atoms with E-state index >= 15 is 0 Å². The largest absolute Gasteiger partial charge is 0.481 e. The van der Waals surface area contributed by atoms with Crippen molar-refractivity contribution in [3.8, 4) is 40.1 Å². The molecular weight excluding hydrogens is 402 g/mol. The van der Waals surface area contributed by atoms with Gasteiger partial charge in [0.2, 0.25) is 0 Å². The lowest BCUT2D eigenvalue weighted by molar-refractivity contribution is 0.370. The van der Waals surface area contributed by atoms with E-state index in [1.165, 1.54) is 22.3 Å². The molecule has 0 radical (unpaired) electrons. The van der Waals surface area contributed by atoms with E-state index in [-0.39, 0.29) is 0 Å². The number of para-hydroxylation sites is 1. The van der Waals surface area contributed by atoms with Crippen LogP contribution in [-0.4, -0.2) is 35.8 Å². The van der Waals surface area contributed by atoms with Gasteiger partial charge in [-0.3, -0.25) is 5.10 Å². The van der Waals surface area contributed by atoms with E-state index in [1.807, 2.05) is 30.3 Å². The van der Waals surface area contributed by atoms with Crippen LogP contribution >= 0.6 is 11.3 Å². The molecule has 0 saturated heterocycles. The Morgan fingerprint density at radius 1 is 1.13 bits per heavy atom. The third-order valence-corrected chi connectivity index (χ3v) is 6.16. The molecule has 0 bridgehead atoms. The standard InChI is InChI=1S/C26H23N3OS/c1-29(2)16-18-10-11-19-15-24-25(27-28-26(24)23(19)13-18)20-14-22(31-17-20)9-6-12-30-21-7-4-3-5-8-21/h3-5,7-8,10-11,13-14,17H,12,15-16H2,1-2H3,(H,27,28). The van der Waals surface area contributed by atoms with Crippen LogP contribution in [0.3, 0.4) is 0 Å². The summed E-state index contributed by atoms with van der Waals surface area (Å²) in [5.74, 6) is 7.15. The Labute approximate surface area is 186 Å². The van der Waals surface area contributed by atoms with Gasteiger partial charge in [0.1, 0.15) is 12.4 Å². The monoisotopic (exact) mass is 425 g/mol. The molecular formula is C26H23N3OS. The van der Waals surface area contributed by atoms with Crippen molar-refractivity contribution in [2.45, 2.75) is 13.0 Å². The summed E-state index contributed by atoms with van der Waals surface area (Å²) in [5, 5.41) is 10.1. The Kier molecular flexibility index (Phi) is 5.33. The highest BCUT2D eigenvalue weighted by Crippen LogP contribution is 2.41. The minimum absolute atomic E-state index is 0.375. The zero-order valence-corrected chi connectivity index (χ0v) is 18.4. The van der Waals surface area contributed by atoms with Gasteiger partial charge in [0.15, 0.2) is 0 Å². The highest BCUT2D eigenvalue weighted by molar-refractivity contribution is 7.11. The first-order valence-corrected chi connectivity index (χ1v) is 11.1. The van der Waals surface area contributed by atoms with E-state index in [0.29, 0.717) is 6.61 Å². The molecule has 5 heteroatoms. The number of ether oxygens (including phenoxy) is 1. The summed E-state index contributed by atoms with van der Waals surface area (Å²) in [6.07, 6.45) is 0.917. The van der Waals surface area contributed by atoms with Crippen LogP contribution in [0.1, 0.15) is 21.6 Å². The summed E-state index contributed by atoms with van der Waals surface area (Å²) in [6, 6.07) is 18.7. The molecule has 4 aromatic rings. The summed E-state index contributed by atoms with van der Waals surface area (Å²) in [7, 11) is 4.19. The third kappa shape index (κ3) is 4.13. The molecule has 5 rings (SSSR count). The van der Waals surface area contributed by atoms with Gasteiger partial charge < -0.3 is 9.64 Å². The molecule has 31 heavy (non-hydrogen) atoms. The highest BCUT2D eigenvalue weighted by atomic mass is 32.1. The Balaban J connectivity index is 1.32. The van der Waals surface area contributed by atoms with E-state index in [1.54, 1.807) is 11.3 Å². The quantitative estimate of drug-likeness (QED) is 0.394. The molecule has 0 atom stereocenters. The molecule has 1 N–H and O–H groups in total. The molecule has 0 amide bonds.